The molecule has 0 unspecified atom stereocenters. The average molecular weight is 199 g/mol. The molecule has 0 fully saturated rings. The van der Waals surface area contributed by atoms with Crippen molar-refractivity contribution in [2.24, 2.45) is 0 Å². The molecular weight excluding hydrogens is 178 g/mol. The van der Waals surface area contributed by atoms with Gasteiger partial charge in [0.1, 0.15) is 6.73 Å². The van der Waals surface area contributed by atoms with Gasteiger partial charge in [-0.15, -0.1) is 0 Å². The number of carbonyl (C=O) groups excluding carboxylic acids is 1. The summed E-state index contributed by atoms with van der Waals surface area (Å²) in [5, 5.41) is 0. The van der Waals surface area contributed by atoms with E-state index in [1.54, 1.807) is 0 Å². The predicted octanol–water partition coefficient (Wildman–Crippen LogP) is 2.19. The molecule has 0 rings (SSSR count). The van der Waals surface area contributed by atoms with Gasteiger partial charge in [-0.05, 0) is 26.9 Å². The van der Waals surface area contributed by atoms with E-state index in [2.05, 4.69) is 6.92 Å². The summed E-state index contributed by atoms with van der Waals surface area (Å²) in [5.41, 5.74) is 0. The first-order valence-electron chi connectivity index (χ1n) is 5.14. The fraction of sp³-hybridized carbons (Fsp3) is 0.727. The van der Waals surface area contributed by atoms with Gasteiger partial charge >= 0.3 is 5.97 Å². The Bertz CT molecular complexity index is 176. The molecule has 0 saturated heterocycles. The molecule has 0 aromatic heterocycles. The lowest BCUT2D eigenvalue weighted by Crippen LogP contribution is -2.18. The smallest absolute Gasteiger partial charge is 0.331 e. The molecule has 0 bridgehead atoms. The van der Waals surface area contributed by atoms with Gasteiger partial charge in [-0.3, -0.25) is 4.90 Å². The lowest BCUT2D eigenvalue weighted by atomic mass is 10.2. The van der Waals surface area contributed by atoms with Gasteiger partial charge in [0.25, 0.3) is 0 Å². The Morgan fingerprint density at radius 1 is 1.36 bits per heavy atom. The number of esters is 1. The molecule has 0 amide bonds. The van der Waals surface area contributed by atoms with Gasteiger partial charge in [-0.2, -0.15) is 0 Å². The quantitative estimate of drug-likeness (QED) is 0.272. The maximum Gasteiger partial charge on any atom is 0.331 e. The average Bonchev–Trinajstić information content (AvgIpc) is 2.14. The molecule has 0 aromatic carbocycles. The van der Waals surface area contributed by atoms with Crippen LogP contribution in [-0.2, 0) is 9.53 Å². The highest BCUT2D eigenvalue weighted by Crippen LogP contribution is 1.99. The Morgan fingerprint density at radius 2 is 2.07 bits per heavy atom. The highest BCUT2D eigenvalue weighted by Gasteiger charge is 1.96. The molecule has 0 radical (unpaired) electrons. The minimum atomic E-state index is -0.254. The maximum atomic E-state index is 11.0. The van der Waals surface area contributed by atoms with Crippen LogP contribution in [0.2, 0.25) is 0 Å². The highest BCUT2D eigenvalue weighted by atomic mass is 16.5. The number of nitrogens with zero attached hydrogens (tertiary/aromatic N) is 1. The Balaban J connectivity index is 3.41. The van der Waals surface area contributed by atoms with Gasteiger partial charge in [-0.25, -0.2) is 4.79 Å². The molecule has 0 saturated carbocycles. The Kier molecular flexibility index (Phi) is 8.24. The largest absolute Gasteiger partial charge is 0.446 e. The van der Waals surface area contributed by atoms with E-state index in [9.17, 15) is 4.79 Å². The number of unbranched alkanes of at least 4 members (excludes halogenated alkanes) is 3. The van der Waals surface area contributed by atoms with Gasteiger partial charge < -0.3 is 4.74 Å². The second-order valence-corrected chi connectivity index (χ2v) is 3.57. The van der Waals surface area contributed by atoms with Crippen LogP contribution in [0.15, 0.2) is 12.2 Å². The van der Waals surface area contributed by atoms with E-state index < -0.39 is 0 Å². The first-order valence-corrected chi connectivity index (χ1v) is 5.14. The van der Waals surface area contributed by atoms with Gasteiger partial charge in [0.2, 0.25) is 0 Å². The molecule has 3 heteroatoms. The topological polar surface area (TPSA) is 29.5 Å². The van der Waals surface area contributed by atoms with Crippen molar-refractivity contribution in [3.05, 3.63) is 12.2 Å². The molecule has 0 spiro atoms. The first kappa shape index (κ1) is 13.2. The second kappa shape index (κ2) is 8.75. The molecule has 0 aliphatic rings. The van der Waals surface area contributed by atoms with Crippen LogP contribution in [0.4, 0.5) is 0 Å². The normalized spacial score (nSPS) is 11.1. The third kappa shape index (κ3) is 9.26. The summed E-state index contributed by atoms with van der Waals surface area (Å²) in [5.74, 6) is -0.254. The Labute approximate surface area is 86.7 Å². The number of carbonyl (C=O) groups is 1. The summed E-state index contributed by atoms with van der Waals surface area (Å²) < 4.78 is 4.91. The van der Waals surface area contributed by atoms with Gasteiger partial charge in [0.05, 0.1) is 0 Å². The van der Waals surface area contributed by atoms with E-state index in [-0.39, 0.29) is 5.97 Å². The van der Waals surface area contributed by atoms with E-state index in [0.29, 0.717) is 6.73 Å². The monoisotopic (exact) mass is 199 g/mol. The van der Waals surface area contributed by atoms with Gasteiger partial charge in [-0.1, -0.05) is 25.8 Å². The minimum Gasteiger partial charge on any atom is -0.446 e. The maximum absolute atomic E-state index is 11.0. The van der Waals surface area contributed by atoms with Crippen molar-refractivity contribution in [1.82, 2.24) is 4.90 Å². The number of hydrogen-bond donors (Lipinski definition) is 0. The molecule has 14 heavy (non-hydrogen) atoms. The number of allylic oxidation sites excluding steroid dienone is 1. The van der Waals surface area contributed by atoms with Crippen molar-refractivity contribution >= 4 is 5.97 Å². The van der Waals surface area contributed by atoms with Crippen LogP contribution in [0, 0.1) is 0 Å². The zero-order valence-electron chi connectivity index (χ0n) is 9.45. The van der Waals surface area contributed by atoms with Gasteiger partial charge in [0, 0.05) is 6.08 Å². The molecular formula is C11H21NO2. The third-order valence-electron chi connectivity index (χ3n) is 1.69. The molecule has 82 valence electrons. The van der Waals surface area contributed by atoms with E-state index in [1.807, 2.05) is 25.1 Å². The van der Waals surface area contributed by atoms with Crippen LogP contribution in [0.3, 0.4) is 0 Å². The van der Waals surface area contributed by atoms with E-state index >= 15 is 0 Å². The Morgan fingerprint density at radius 3 is 2.64 bits per heavy atom. The molecule has 3 nitrogen and oxygen atoms in total. The number of ether oxygens (including phenoxy) is 1. The van der Waals surface area contributed by atoms with Crippen LogP contribution in [0.5, 0.6) is 0 Å². The fourth-order valence-electron chi connectivity index (χ4n) is 0.933. The number of hydrogen-bond acceptors (Lipinski definition) is 3. The Hall–Kier alpha value is -0.830. The van der Waals surface area contributed by atoms with Crippen molar-refractivity contribution in [2.75, 3.05) is 20.8 Å². The molecule has 0 heterocycles. The predicted molar refractivity (Wildman–Crippen MR) is 57.9 cm³/mol. The summed E-state index contributed by atoms with van der Waals surface area (Å²) in [6.45, 7) is 2.51. The first-order chi connectivity index (χ1) is 6.66. The lowest BCUT2D eigenvalue weighted by Gasteiger charge is -2.08. The van der Waals surface area contributed by atoms with Crippen LogP contribution in [0.25, 0.3) is 0 Å². The van der Waals surface area contributed by atoms with Crippen LogP contribution in [0.1, 0.15) is 32.6 Å². The molecule has 0 aliphatic carbocycles. The summed E-state index contributed by atoms with van der Waals surface area (Å²) in [6, 6.07) is 0. The standard InChI is InChI=1S/C11H21NO2/c1-4-5-6-7-8-9-11(13)14-10-12(2)3/h8-9H,4-7,10H2,1-3H3/b9-8+. The summed E-state index contributed by atoms with van der Waals surface area (Å²) >= 11 is 0. The van der Waals surface area contributed by atoms with Crippen molar-refractivity contribution in [2.45, 2.75) is 32.6 Å². The van der Waals surface area contributed by atoms with Crippen LogP contribution < -0.4 is 0 Å². The zero-order valence-corrected chi connectivity index (χ0v) is 9.45. The number of rotatable bonds is 7. The zero-order chi connectivity index (χ0) is 10.8. The molecule has 0 aliphatic heterocycles. The highest BCUT2D eigenvalue weighted by molar-refractivity contribution is 5.81. The van der Waals surface area contributed by atoms with Crippen molar-refractivity contribution in [1.29, 1.82) is 0 Å². The molecule has 0 N–H and O–H groups in total. The summed E-state index contributed by atoms with van der Waals surface area (Å²) in [4.78, 5) is 12.9. The van der Waals surface area contributed by atoms with E-state index in [0.717, 1.165) is 12.8 Å². The van der Waals surface area contributed by atoms with Gasteiger partial charge in [0.15, 0.2) is 0 Å². The SMILES string of the molecule is CCCCC/C=C/C(=O)OCN(C)C. The third-order valence-corrected chi connectivity index (χ3v) is 1.69. The van der Waals surface area contributed by atoms with Crippen molar-refractivity contribution in [3.8, 4) is 0 Å². The van der Waals surface area contributed by atoms with E-state index in [1.165, 1.54) is 18.9 Å². The summed E-state index contributed by atoms with van der Waals surface area (Å²) in [6.07, 6.45) is 7.93. The van der Waals surface area contributed by atoms with Crippen LogP contribution >= 0.6 is 0 Å². The van der Waals surface area contributed by atoms with E-state index in [4.69, 9.17) is 4.74 Å². The minimum absolute atomic E-state index is 0.254. The van der Waals surface area contributed by atoms with Crippen molar-refractivity contribution in [3.63, 3.8) is 0 Å². The fourth-order valence-corrected chi connectivity index (χ4v) is 0.933. The second-order valence-electron chi connectivity index (χ2n) is 3.57. The molecule has 0 aromatic rings. The van der Waals surface area contributed by atoms with Crippen molar-refractivity contribution < 1.29 is 9.53 Å². The molecule has 0 atom stereocenters. The van der Waals surface area contributed by atoms with Crippen LogP contribution in [-0.4, -0.2) is 31.7 Å². The summed E-state index contributed by atoms with van der Waals surface area (Å²) in [7, 11) is 3.72. The lowest BCUT2D eigenvalue weighted by molar-refractivity contribution is -0.141.